The zero-order valence-electron chi connectivity index (χ0n) is 12.4. The van der Waals surface area contributed by atoms with Crippen molar-refractivity contribution in [1.29, 1.82) is 0 Å². The maximum absolute atomic E-state index is 5.93. The van der Waals surface area contributed by atoms with E-state index in [1.807, 2.05) is 37.2 Å². The smallest absolute Gasteiger partial charge is 0.163 e. The molecule has 22 heavy (non-hydrogen) atoms. The summed E-state index contributed by atoms with van der Waals surface area (Å²) in [5, 5.41) is 5.81. The van der Waals surface area contributed by atoms with Gasteiger partial charge in [-0.2, -0.15) is 5.10 Å². The molecule has 3 rings (SSSR count). The molecule has 0 fully saturated rings. The van der Waals surface area contributed by atoms with Gasteiger partial charge >= 0.3 is 0 Å². The molecule has 0 saturated carbocycles. The van der Waals surface area contributed by atoms with Crippen molar-refractivity contribution in [1.82, 2.24) is 19.7 Å². The van der Waals surface area contributed by atoms with E-state index in [4.69, 9.17) is 16.3 Å². The Bertz CT molecular complexity index is 788. The molecule has 0 unspecified atom stereocenters. The molecule has 0 spiro atoms. The molecule has 3 aromatic rings. The molecule has 2 heterocycles. The van der Waals surface area contributed by atoms with E-state index < -0.39 is 0 Å². The van der Waals surface area contributed by atoms with Crippen molar-refractivity contribution >= 4 is 28.5 Å². The van der Waals surface area contributed by atoms with Crippen LogP contribution < -0.4 is 9.64 Å². The van der Waals surface area contributed by atoms with Gasteiger partial charge in [0.1, 0.15) is 24.5 Å². The molecule has 114 valence electrons. The second kappa shape index (κ2) is 6.19. The number of hydrogen-bond acceptors (Lipinski definition) is 5. The molecule has 1 aromatic carbocycles. The minimum atomic E-state index is 0.530. The number of likely N-dealkylation sites (N-methyl/N-ethyl adjacent to an activating group) is 1. The largest absolute Gasteiger partial charge is 0.492 e. The zero-order valence-corrected chi connectivity index (χ0v) is 13.2. The van der Waals surface area contributed by atoms with Crippen LogP contribution in [-0.4, -0.2) is 39.9 Å². The van der Waals surface area contributed by atoms with Gasteiger partial charge in [0, 0.05) is 19.1 Å². The summed E-state index contributed by atoms with van der Waals surface area (Å²) in [7, 11) is 3.83. The molecular formula is C15H16ClN5O. The number of fused-ring (bicyclic) bond motifs is 1. The first-order valence-corrected chi connectivity index (χ1v) is 7.25. The van der Waals surface area contributed by atoms with E-state index in [0.29, 0.717) is 18.2 Å². The van der Waals surface area contributed by atoms with Crippen molar-refractivity contribution in [3.05, 3.63) is 41.8 Å². The van der Waals surface area contributed by atoms with Gasteiger partial charge in [0.2, 0.25) is 0 Å². The Kier molecular flexibility index (Phi) is 4.11. The van der Waals surface area contributed by atoms with Crippen LogP contribution in [0.5, 0.6) is 5.75 Å². The number of anilines is 1. The van der Waals surface area contributed by atoms with Crippen LogP contribution in [0.15, 0.2) is 36.8 Å². The maximum Gasteiger partial charge on any atom is 0.163 e. The van der Waals surface area contributed by atoms with Crippen molar-refractivity contribution in [2.45, 2.75) is 0 Å². The molecule has 0 N–H and O–H groups in total. The van der Waals surface area contributed by atoms with E-state index in [1.165, 1.54) is 0 Å². The molecular weight excluding hydrogens is 302 g/mol. The van der Waals surface area contributed by atoms with Crippen LogP contribution >= 0.6 is 11.6 Å². The molecule has 7 heteroatoms. The van der Waals surface area contributed by atoms with E-state index in [2.05, 4.69) is 15.1 Å². The normalized spacial score (nSPS) is 10.9. The van der Waals surface area contributed by atoms with Crippen LogP contribution in [0, 0.1) is 0 Å². The average Bonchev–Trinajstić information content (AvgIpc) is 2.89. The number of aromatic nitrogens is 4. The topological polar surface area (TPSA) is 56.1 Å². The summed E-state index contributed by atoms with van der Waals surface area (Å²) in [6, 6.07) is 7.37. The van der Waals surface area contributed by atoms with Gasteiger partial charge in [-0.05, 0) is 18.2 Å². The summed E-state index contributed by atoms with van der Waals surface area (Å²) in [6.45, 7) is 1.22. The number of halogens is 1. The fraction of sp³-hybridized carbons (Fsp3) is 0.267. The highest BCUT2D eigenvalue weighted by atomic mass is 35.5. The Hall–Kier alpha value is -2.34. The van der Waals surface area contributed by atoms with Crippen LogP contribution in [0.1, 0.15) is 0 Å². The number of nitrogens with zero attached hydrogens (tertiary/aromatic N) is 5. The van der Waals surface area contributed by atoms with Crippen LogP contribution in [-0.2, 0) is 7.05 Å². The number of aryl methyl sites for hydroxylation is 1. The van der Waals surface area contributed by atoms with Crippen molar-refractivity contribution in [2.75, 3.05) is 25.1 Å². The molecule has 0 radical (unpaired) electrons. The number of benzene rings is 1. The Balaban J connectivity index is 1.67. The van der Waals surface area contributed by atoms with Crippen LogP contribution in [0.3, 0.4) is 0 Å². The molecule has 0 aliphatic heterocycles. The minimum Gasteiger partial charge on any atom is -0.492 e. The Morgan fingerprint density at radius 3 is 3.00 bits per heavy atom. The fourth-order valence-electron chi connectivity index (χ4n) is 2.22. The molecule has 0 amide bonds. The molecule has 2 aromatic heterocycles. The maximum atomic E-state index is 5.93. The summed E-state index contributed by atoms with van der Waals surface area (Å²) in [6.07, 6.45) is 3.33. The first-order valence-electron chi connectivity index (χ1n) is 6.87. The lowest BCUT2D eigenvalue weighted by Gasteiger charge is -2.18. The lowest BCUT2D eigenvalue weighted by Crippen LogP contribution is -2.24. The van der Waals surface area contributed by atoms with Gasteiger partial charge in [0.25, 0.3) is 0 Å². The van der Waals surface area contributed by atoms with Crippen molar-refractivity contribution < 1.29 is 4.74 Å². The molecule has 0 aliphatic carbocycles. The molecule has 0 atom stereocenters. The summed E-state index contributed by atoms with van der Waals surface area (Å²) >= 11 is 5.93. The highest BCUT2D eigenvalue weighted by Gasteiger charge is 2.11. The van der Waals surface area contributed by atoms with Gasteiger partial charge in [-0.25, -0.2) is 9.97 Å². The number of ether oxygens (including phenoxy) is 1. The van der Waals surface area contributed by atoms with Crippen molar-refractivity contribution in [3.8, 4) is 5.75 Å². The number of hydrogen-bond donors (Lipinski definition) is 0. The van der Waals surface area contributed by atoms with E-state index in [9.17, 15) is 0 Å². The van der Waals surface area contributed by atoms with E-state index in [1.54, 1.807) is 23.3 Å². The van der Waals surface area contributed by atoms with Gasteiger partial charge in [0.05, 0.1) is 18.1 Å². The summed E-state index contributed by atoms with van der Waals surface area (Å²) in [4.78, 5) is 10.6. The Morgan fingerprint density at radius 1 is 1.32 bits per heavy atom. The lowest BCUT2D eigenvalue weighted by molar-refractivity contribution is 0.326. The molecule has 0 aliphatic rings. The zero-order chi connectivity index (χ0) is 15.5. The summed E-state index contributed by atoms with van der Waals surface area (Å²) in [5.41, 5.74) is 0.813. The van der Waals surface area contributed by atoms with Gasteiger partial charge in [-0.15, -0.1) is 0 Å². The predicted molar refractivity (Wildman–Crippen MR) is 86.5 cm³/mol. The number of rotatable bonds is 5. The lowest BCUT2D eigenvalue weighted by atomic mass is 10.3. The van der Waals surface area contributed by atoms with Gasteiger partial charge in [0.15, 0.2) is 5.65 Å². The second-order valence-corrected chi connectivity index (χ2v) is 5.37. The molecule has 0 bridgehead atoms. The van der Waals surface area contributed by atoms with E-state index in [0.717, 1.165) is 22.6 Å². The van der Waals surface area contributed by atoms with Gasteiger partial charge < -0.3 is 9.64 Å². The minimum absolute atomic E-state index is 0.530. The molecule has 0 saturated heterocycles. The predicted octanol–water partition coefficient (Wildman–Crippen LogP) is 2.53. The molecule has 6 nitrogen and oxygen atoms in total. The second-order valence-electron chi connectivity index (χ2n) is 4.93. The first kappa shape index (κ1) is 14.6. The standard InChI is InChI=1S/C15H16ClN5O/c1-20(6-7-22-12-5-3-4-11(16)8-12)14-13-9-19-21(2)15(13)18-10-17-14/h3-5,8-10H,6-7H2,1-2H3. The van der Waals surface area contributed by atoms with Gasteiger partial charge in [-0.3, -0.25) is 4.68 Å². The third kappa shape index (κ3) is 2.96. The third-order valence-corrected chi connectivity index (χ3v) is 3.60. The Labute approximate surface area is 133 Å². The first-order chi connectivity index (χ1) is 10.6. The average molecular weight is 318 g/mol. The van der Waals surface area contributed by atoms with Crippen LogP contribution in [0.25, 0.3) is 11.0 Å². The van der Waals surface area contributed by atoms with Crippen LogP contribution in [0.4, 0.5) is 5.82 Å². The quantitative estimate of drug-likeness (QED) is 0.724. The van der Waals surface area contributed by atoms with E-state index >= 15 is 0 Å². The van der Waals surface area contributed by atoms with Crippen molar-refractivity contribution in [2.24, 2.45) is 7.05 Å². The summed E-state index contributed by atoms with van der Waals surface area (Å²) < 4.78 is 7.44. The SMILES string of the molecule is CN(CCOc1cccc(Cl)c1)c1ncnc2c1cnn2C. The monoisotopic (exact) mass is 317 g/mol. The van der Waals surface area contributed by atoms with Crippen molar-refractivity contribution in [3.63, 3.8) is 0 Å². The van der Waals surface area contributed by atoms with Crippen LogP contribution in [0.2, 0.25) is 5.02 Å². The van der Waals surface area contributed by atoms with Gasteiger partial charge in [-0.1, -0.05) is 17.7 Å². The fourth-order valence-corrected chi connectivity index (χ4v) is 2.40. The highest BCUT2D eigenvalue weighted by Crippen LogP contribution is 2.21. The Morgan fingerprint density at radius 2 is 2.18 bits per heavy atom. The third-order valence-electron chi connectivity index (χ3n) is 3.36. The highest BCUT2D eigenvalue weighted by molar-refractivity contribution is 6.30. The summed E-state index contributed by atoms with van der Waals surface area (Å²) in [5.74, 6) is 1.60. The van der Waals surface area contributed by atoms with E-state index in [-0.39, 0.29) is 0 Å².